The fraction of sp³-hybridized carbons (Fsp3) is 1.00. The van der Waals surface area contributed by atoms with Crippen LogP contribution >= 0.6 is 0 Å². The Balaban J connectivity index is 2.35. The Morgan fingerprint density at radius 3 is 2.92 bits per heavy atom. The minimum atomic E-state index is 0.491. The lowest BCUT2D eigenvalue weighted by atomic mass is 9.93. The quantitative estimate of drug-likeness (QED) is 0.699. The summed E-state index contributed by atoms with van der Waals surface area (Å²) in [5.74, 6) is 0.787. The van der Waals surface area contributed by atoms with Gasteiger partial charge in [-0.1, -0.05) is 6.92 Å². The zero-order valence-corrected chi connectivity index (χ0v) is 8.31. The number of hydrogen-bond acceptors (Lipinski definition) is 2. The summed E-state index contributed by atoms with van der Waals surface area (Å²) >= 11 is 0. The molecule has 1 fully saturated rings. The fourth-order valence-corrected chi connectivity index (χ4v) is 2.11. The number of ether oxygens (including phenoxy) is 1. The molecular weight excluding hydrogens is 150 g/mol. The lowest BCUT2D eigenvalue weighted by Crippen LogP contribution is -2.23. The maximum absolute atomic E-state index is 5.47. The van der Waals surface area contributed by atoms with Crippen molar-refractivity contribution < 1.29 is 4.74 Å². The van der Waals surface area contributed by atoms with Crippen molar-refractivity contribution in [2.24, 2.45) is 5.92 Å². The molecule has 12 heavy (non-hydrogen) atoms. The molecule has 1 rings (SSSR count). The molecule has 0 bridgehead atoms. The third-order valence-corrected chi connectivity index (χ3v) is 2.85. The summed E-state index contributed by atoms with van der Waals surface area (Å²) in [7, 11) is 1.84. The van der Waals surface area contributed by atoms with Crippen LogP contribution in [0.5, 0.6) is 0 Å². The smallest absolute Gasteiger partial charge is 0.0597 e. The molecule has 0 saturated carbocycles. The summed E-state index contributed by atoms with van der Waals surface area (Å²) in [6.45, 7) is 4.58. The Morgan fingerprint density at radius 2 is 2.25 bits per heavy atom. The van der Waals surface area contributed by atoms with Gasteiger partial charge in [-0.05, 0) is 44.7 Å². The topological polar surface area (TPSA) is 21.3 Å². The van der Waals surface area contributed by atoms with Gasteiger partial charge in [-0.15, -0.1) is 0 Å². The van der Waals surface area contributed by atoms with Crippen LogP contribution in [0.4, 0.5) is 0 Å². The van der Waals surface area contributed by atoms with Crippen LogP contribution in [0, 0.1) is 5.92 Å². The number of methoxy groups -OCH3 is 1. The Bertz CT molecular complexity index is 104. The number of nitrogens with one attached hydrogen (secondary N) is 1. The van der Waals surface area contributed by atoms with Crippen LogP contribution in [0.3, 0.4) is 0 Å². The maximum atomic E-state index is 5.47. The molecule has 0 amide bonds. The molecule has 2 nitrogen and oxygen atoms in total. The van der Waals surface area contributed by atoms with Crippen molar-refractivity contribution in [1.82, 2.24) is 5.32 Å². The highest BCUT2D eigenvalue weighted by Crippen LogP contribution is 2.21. The Morgan fingerprint density at radius 1 is 1.42 bits per heavy atom. The summed E-state index contributed by atoms with van der Waals surface area (Å²) < 4.78 is 5.47. The lowest BCUT2D eigenvalue weighted by Gasteiger charge is -2.23. The number of rotatable bonds is 3. The summed E-state index contributed by atoms with van der Waals surface area (Å²) in [4.78, 5) is 0. The SMILES string of the molecule is CCC(OC)C1CCCNCC1. The minimum Gasteiger partial charge on any atom is -0.381 e. The van der Waals surface area contributed by atoms with Crippen molar-refractivity contribution in [2.45, 2.75) is 38.7 Å². The van der Waals surface area contributed by atoms with Gasteiger partial charge in [0.05, 0.1) is 6.10 Å². The fourth-order valence-electron chi connectivity index (χ4n) is 2.11. The van der Waals surface area contributed by atoms with Crippen molar-refractivity contribution in [3.63, 3.8) is 0 Å². The average Bonchev–Trinajstić information content (AvgIpc) is 2.35. The minimum absolute atomic E-state index is 0.491. The van der Waals surface area contributed by atoms with E-state index in [1.54, 1.807) is 0 Å². The zero-order valence-electron chi connectivity index (χ0n) is 8.31. The van der Waals surface area contributed by atoms with Gasteiger partial charge in [-0.2, -0.15) is 0 Å². The van der Waals surface area contributed by atoms with E-state index in [1.165, 1.54) is 32.4 Å². The van der Waals surface area contributed by atoms with Gasteiger partial charge in [0.1, 0.15) is 0 Å². The first-order valence-corrected chi connectivity index (χ1v) is 5.12. The van der Waals surface area contributed by atoms with E-state index in [1.807, 2.05) is 7.11 Å². The molecule has 2 atom stereocenters. The van der Waals surface area contributed by atoms with Gasteiger partial charge >= 0.3 is 0 Å². The second-order valence-electron chi connectivity index (χ2n) is 3.62. The molecule has 1 aliphatic heterocycles. The molecule has 2 heteroatoms. The largest absolute Gasteiger partial charge is 0.381 e. The van der Waals surface area contributed by atoms with E-state index in [0.29, 0.717) is 6.10 Å². The lowest BCUT2D eigenvalue weighted by molar-refractivity contribution is 0.0442. The highest BCUT2D eigenvalue weighted by atomic mass is 16.5. The highest BCUT2D eigenvalue weighted by molar-refractivity contribution is 4.73. The van der Waals surface area contributed by atoms with Gasteiger partial charge in [0.15, 0.2) is 0 Å². The van der Waals surface area contributed by atoms with E-state index in [4.69, 9.17) is 4.74 Å². The second-order valence-corrected chi connectivity index (χ2v) is 3.62. The molecule has 1 saturated heterocycles. The monoisotopic (exact) mass is 171 g/mol. The first-order chi connectivity index (χ1) is 5.88. The molecule has 0 aromatic rings. The van der Waals surface area contributed by atoms with E-state index in [2.05, 4.69) is 12.2 Å². The van der Waals surface area contributed by atoms with Crippen LogP contribution in [0.25, 0.3) is 0 Å². The molecule has 0 spiro atoms. The van der Waals surface area contributed by atoms with E-state index in [0.717, 1.165) is 12.3 Å². The average molecular weight is 171 g/mol. The third-order valence-electron chi connectivity index (χ3n) is 2.85. The van der Waals surface area contributed by atoms with Gasteiger partial charge < -0.3 is 10.1 Å². The van der Waals surface area contributed by atoms with Crippen molar-refractivity contribution in [3.8, 4) is 0 Å². The van der Waals surface area contributed by atoms with Gasteiger partial charge in [0.2, 0.25) is 0 Å². The third kappa shape index (κ3) is 2.76. The Labute approximate surface area is 75.7 Å². The van der Waals surface area contributed by atoms with Gasteiger partial charge in [-0.3, -0.25) is 0 Å². The zero-order chi connectivity index (χ0) is 8.81. The van der Waals surface area contributed by atoms with Crippen LogP contribution < -0.4 is 5.32 Å². The molecule has 0 aliphatic carbocycles. The predicted octanol–water partition coefficient (Wildman–Crippen LogP) is 1.80. The van der Waals surface area contributed by atoms with Crippen LogP contribution in [0.15, 0.2) is 0 Å². The standard InChI is InChI=1S/C10H21NO/c1-3-10(12-2)9-5-4-7-11-8-6-9/h9-11H,3-8H2,1-2H3. The van der Waals surface area contributed by atoms with E-state index in [9.17, 15) is 0 Å². The van der Waals surface area contributed by atoms with E-state index >= 15 is 0 Å². The molecule has 1 aliphatic rings. The van der Waals surface area contributed by atoms with E-state index in [-0.39, 0.29) is 0 Å². The molecular formula is C10H21NO. The molecule has 72 valence electrons. The Hall–Kier alpha value is -0.0800. The number of hydrogen-bond donors (Lipinski definition) is 1. The van der Waals surface area contributed by atoms with Crippen LogP contribution in [-0.2, 0) is 4.74 Å². The van der Waals surface area contributed by atoms with Crippen molar-refractivity contribution in [2.75, 3.05) is 20.2 Å². The summed E-state index contributed by atoms with van der Waals surface area (Å²) in [6.07, 6.45) is 5.57. The molecule has 0 aromatic heterocycles. The van der Waals surface area contributed by atoms with E-state index < -0.39 is 0 Å². The highest BCUT2D eigenvalue weighted by Gasteiger charge is 2.20. The summed E-state index contributed by atoms with van der Waals surface area (Å²) in [5.41, 5.74) is 0. The normalized spacial score (nSPS) is 28.0. The summed E-state index contributed by atoms with van der Waals surface area (Å²) in [5, 5.41) is 3.42. The molecule has 1 N–H and O–H groups in total. The summed E-state index contributed by atoms with van der Waals surface area (Å²) in [6, 6.07) is 0. The molecule has 0 aromatic carbocycles. The Kier molecular flexibility index (Phi) is 4.62. The van der Waals surface area contributed by atoms with Gasteiger partial charge in [0.25, 0.3) is 0 Å². The second kappa shape index (κ2) is 5.55. The van der Waals surface area contributed by atoms with Crippen LogP contribution in [0.2, 0.25) is 0 Å². The molecule has 2 unspecified atom stereocenters. The van der Waals surface area contributed by atoms with Gasteiger partial charge in [0, 0.05) is 7.11 Å². The van der Waals surface area contributed by atoms with Crippen LogP contribution in [-0.4, -0.2) is 26.3 Å². The van der Waals surface area contributed by atoms with Crippen molar-refractivity contribution in [1.29, 1.82) is 0 Å². The van der Waals surface area contributed by atoms with Crippen LogP contribution in [0.1, 0.15) is 32.6 Å². The van der Waals surface area contributed by atoms with Gasteiger partial charge in [-0.25, -0.2) is 0 Å². The predicted molar refractivity (Wildman–Crippen MR) is 51.3 cm³/mol. The van der Waals surface area contributed by atoms with Crippen molar-refractivity contribution in [3.05, 3.63) is 0 Å². The van der Waals surface area contributed by atoms with Crippen molar-refractivity contribution >= 4 is 0 Å². The first-order valence-electron chi connectivity index (χ1n) is 5.12. The molecule has 1 heterocycles. The first kappa shape index (κ1) is 10.0. The maximum Gasteiger partial charge on any atom is 0.0597 e. The molecule has 0 radical (unpaired) electrons.